The van der Waals surface area contributed by atoms with Crippen LogP contribution in [0, 0.1) is 0 Å². The molecule has 1 atom stereocenters. The van der Waals surface area contributed by atoms with Gasteiger partial charge in [-0.1, -0.05) is 13.0 Å². The highest BCUT2D eigenvalue weighted by molar-refractivity contribution is 5.03. The molecule has 1 unspecified atom stereocenters. The van der Waals surface area contributed by atoms with E-state index in [1.807, 2.05) is 24.4 Å². The Morgan fingerprint density at radius 1 is 1.39 bits per heavy atom. The molecule has 0 bridgehead atoms. The van der Waals surface area contributed by atoms with E-state index in [1.54, 1.807) is 7.11 Å². The number of hydrogen-bond donors (Lipinski definition) is 1. The standard InChI is InChI=1S/C14H24N2O2/c1-3-8-15-11-14(12-17-2)18-10-7-13-6-4-5-9-16-13/h4-6,9,14-15H,3,7-8,10-12H2,1-2H3. The van der Waals surface area contributed by atoms with Crippen LogP contribution in [-0.2, 0) is 15.9 Å². The van der Waals surface area contributed by atoms with E-state index in [4.69, 9.17) is 9.47 Å². The van der Waals surface area contributed by atoms with Crippen LogP contribution < -0.4 is 5.32 Å². The van der Waals surface area contributed by atoms with Crippen LogP contribution in [0.3, 0.4) is 0 Å². The van der Waals surface area contributed by atoms with Gasteiger partial charge in [0.15, 0.2) is 0 Å². The Morgan fingerprint density at radius 2 is 2.28 bits per heavy atom. The van der Waals surface area contributed by atoms with E-state index >= 15 is 0 Å². The second-order valence-corrected chi connectivity index (χ2v) is 4.22. The molecule has 0 saturated heterocycles. The normalized spacial score (nSPS) is 12.6. The molecule has 18 heavy (non-hydrogen) atoms. The average molecular weight is 252 g/mol. The molecule has 4 heteroatoms. The summed E-state index contributed by atoms with van der Waals surface area (Å²) in [4.78, 5) is 4.27. The van der Waals surface area contributed by atoms with Crippen LogP contribution >= 0.6 is 0 Å². The summed E-state index contributed by atoms with van der Waals surface area (Å²) in [5.74, 6) is 0. The fraction of sp³-hybridized carbons (Fsp3) is 0.643. The fourth-order valence-electron chi connectivity index (χ4n) is 1.67. The summed E-state index contributed by atoms with van der Waals surface area (Å²) in [6, 6.07) is 5.94. The molecule has 0 aliphatic heterocycles. The highest BCUT2D eigenvalue weighted by Gasteiger charge is 2.08. The summed E-state index contributed by atoms with van der Waals surface area (Å²) in [5.41, 5.74) is 1.06. The summed E-state index contributed by atoms with van der Waals surface area (Å²) < 4.78 is 11.0. The van der Waals surface area contributed by atoms with Crippen molar-refractivity contribution in [2.75, 3.05) is 33.4 Å². The van der Waals surface area contributed by atoms with E-state index in [1.165, 1.54) is 0 Å². The Morgan fingerprint density at radius 3 is 2.94 bits per heavy atom. The molecular weight excluding hydrogens is 228 g/mol. The molecule has 0 aromatic carbocycles. The SMILES string of the molecule is CCCNCC(COC)OCCc1ccccn1. The lowest BCUT2D eigenvalue weighted by molar-refractivity contribution is 0.000291. The molecule has 1 aromatic heterocycles. The van der Waals surface area contributed by atoms with E-state index in [9.17, 15) is 0 Å². The maximum Gasteiger partial charge on any atom is 0.0932 e. The monoisotopic (exact) mass is 252 g/mol. The number of nitrogens with zero attached hydrogens (tertiary/aromatic N) is 1. The first kappa shape index (κ1) is 15.1. The number of methoxy groups -OCH3 is 1. The Hall–Kier alpha value is -0.970. The van der Waals surface area contributed by atoms with Crippen molar-refractivity contribution in [3.05, 3.63) is 30.1 Å². The van der Waals surface area contributed by atoms with E-state index < -0.39 is 0 Å². The van der Waals surface area contributed by atoms with Gasteiger partial charge in [0.2, 0.25) is 0 Å². The molecule has 0 saturated carbocycles. The van der Waals surface area contributed by atoms with Crippen LogP contribution in [0.1, 0.15) is 19.0 Å². The van der Waals surface area contributed by atoms with Gasteiger partial charge in [-0.05, 0) is 25.1 Å². The number of ether oxygens (including phenoxy) is 2. The molecule has 0 radical (unpaired) electrons. The highest BCUT2D eigenvalue weighted by atomic mass is 16.5. The molecule has 0 aliphatic rings. The maximum atomic E-state index is 5.81. The van der Waals surface area contributed by atoms with Gasteiger partial charge >= 0.3 is 0 Å². The topological polar surface area (TPSA) is 43.4 Å². The van der Waals surface area contributed by atoms with Crippen molar-refractivity contribution in [2.45, 2.75) is 25.9 Å². The molecule has 0 amide bonds. The predicted molar refractivity (Wildman–Crippen MR) is 72.7 cm³/mol. The molecule has 0 aliphatic carbocycles. The zero-order chi connectivity index (χ0) is 13.1. The third-order valence-electron chi connectivity index (χ3n) is 2.59. The first-order chi connectivity index (χ1) is 8.86. The van der Waals surface area contributed by atoms with Gasteiger partial charge in [0.1, 0.15) is 0 Å². The summed E-state index contributed by atoms with van der Waals surface area (Å²) in [5, 5.41) is 3.35. The number of rotatable bonds is 10. The van der Waals surface area contributed by atoms with Crippen molar-refractivity contribution in [3.8, 4) is 0 Å². The smallest absolute Gasteiger partial charge is 0.0932 e. The van der Waals surface area contributed by atoms with E-state index in [2.05, 4.69) is 17.2 Å². The van der Waals surface area contributed by atoms with Crippen molar-refractivity contribution >= 4 is 0 Å². The lowest BCUT2D eigenvalue weighted by Crippen LogP contribution is -2.33. The van der Waals surface area contributed by atoms with E-state index in [-0.39, 0.29) is 6.10 Å². The Kier molecular flexibility index (Phi) is 8.38. The molecular formula is C14H24N2O2. The lowest BCUT2D eigenvalue weighted by Gasteiger charge is -2.17. The first-order valence-corrected chi connectivity index (χ1v) is 6.58. The summed E-state index contributed by atoms with van der Waals surface area (Å²) >= 11 is 0. The summed E-state index contributed by atoms with van der Waals surface area (Å²) in [6.45, 7) is 5.31. The molecule has 1 aromatic rings. The number of nitrogens with one attached hydrogen (secondary N) is 1. The van der Waals surface area contributed by atoms with Crippen molar-refractivity contribution in [1.82, 2.24) is 10.3 Å². The van der Waals surface area contributed by atoms with Crippen LogP contribution in [0.15, 0.2) is 24.4 Å². The zero-order valence-electron chi connectivity index (χ0n) is 11.4. The van der Waals surface area contributed by atoms with Gasteiger partial charge in [0.25, 0.3) is 0 Å². The molecule has 4 nitrogen and oxygen atoms in total. The number of aromatic nitrogens is 1. The third kappa shape index (κ3) is 6.69. The van der Waals surface area contributed by atoms with E-state index in [0.29, 0.717) is 13.2 Å². The Balaban J connectivity index is 2.20. The second kappa shape index (κ2) is 10.00. The van der Waals surface area contributed by atoms with Crippen LogP contribution in [0.2, 0.25) is 0 Å². The molecule has 1 heterocycles. The van der Waals surface area contributed by atoms with Crippen molar-refractivity contribution in [2.24, 2.45) is 0 Å². The quantitative estimate of drug-likeness (QED) is 0.643. The second-order valence-electron chi connectivity index (χ2n) is 4.22. The third-order valence-corrected chi connectivity index (χ3v) is 2.59. The fourth-order valence-corrected chi connectivity index (χ4v) is 1.67. The Labute approximate surface area is 110 Å². The van der Waals surface area contributed by atoms with Crippen LogP contribution in [0.5, 0.6) is 0 Å². The van der Waals surface area contributed by atoms with E-state index in [0.717, 1.165) is 31.6 Å². The Bertz CT molecular complexity index is 293. The van der Waals surface area contributed by atoms with Gasteiger partial charge in [0.05, 0.1) is 19.3 Å². The molecule has 102 valence electrons. The van der Waals surface area contributed by atoms with Gasteiger partial charge in [-0.15, -0.1) is 0 Å². The van der Waals surface area contributed by atoms with Gasteiger partial charge in [-0.2, -0.15) is 0 Å². The minimum absolute atomic E-state index is 0.116. The summed E-state index contributed by atoms with van der Waals surface area (Å²) in [6.07, 6.45) is 3.90. The minimum atomic E-state index is 0.116. The maximum absolute atomic E-state index is 5.81. The van der Waals surface area contributed by atoms with Gasteiger partial charge < -0.3 is 14.8 Å². The molecule has 1 rings (SSSR count). The van der Waals surface area contributed by atoms with Crippen molar-refractivity contribution in [3.63, 3.8) is 0 Å². The predicted octanol–water partition coefficient (Wildman–Crippen LogP) is 1.66. The van der Waals surface area contributed by atoms with Crippen molar-refractivity contribution in [1.29, 1.82) is 0 Å². The van der Waals surface area contributed by atoms with Crippen molar-refractivity contribution < 1.29 is 9.47 Å². The molecule has 0 fully saturated rings. The van der Waals surface area contributed by atoms with Gasteiger partial charge in [-0.3, -0.25) is 4.98 Å². The average Bonchev–Trinajstić information content (AvgIpc) is 2.40. The number of hydrogen-bond acceptors (Lipinski definition) is 4. The van der Waals surface area contributed by atoms with Crippen LogP contribution in [-0.4, -0.2) is 44.5 Å². The first-order valence-electron chi connectivity index (χ1n) is 6.58. The van der Waals surface area contributed by atoms with Gasteiger partial charge in [-0.25, -0.2) is 0 Å². The van der Waals surface area contributed by atoms with Crippen LogP contribution in [0.4, 0.5) is 0 Å². The van der Waals surface area contributed by atoms with Gasteiger partial charge in [0, 0.05) is 32.0 Å². The highest BCUT2D eigenvalue weighted by Crippen LogP contribution is 1.98. The summed E-state index contributed by atoms with van der Waals surface area (Å²) in [7, 11) is 1.70. The largest absolute Gasteiger partial charge is 0.382 e. The zero-order valence-corrected chi connectivity index (χ0v) is 11.4. The number of pyridine rings is 1. The minimum Gasteiger partial charge on any atom is -0.382 e. The lowest BCUT2D eigenvalue weighted by atomic mass is 10.3. The molecule has 1 N–H and O–H groups in total. The molecule has 0 spiro atoms. The van der Waals surface area contributed by atoms with Crippen LogP contribution in [0.25, 0.3) is 0 Å².